The molecular formula is C11H15ClN2O2. The summed E-state index contributed by atoms with van der Waals surface area (Å²) in [6.45, 7) is 2.35. The van der Waals surface area contributed by atoms with Gasteiger partial charge in [0.05, 0.1) is 31.9 Å². The van der Waals surface area contributed by atoms with Gasteiger partial charge >= 0.3 is 0 Å². The summed E-state index contributed by atoms with van der Waals surface area (Å²) in [4.78, 5) is 6.52. The van der Waals surface area contributed by atoms with E-state index in [0.717, 1.165) is 24.7 Å². The van der Waals surface area contributed by atoms with Gasteiger partial charge in [0, 0.05) is 13.1 Å². The highest BCUT2D eigenvalue weighted by Gasteiger charge is 2.20. The number of nitrogens with zero attached hydrogens (tertiary/aromatic N) is 2. The fourth-order valence-corrected chi connectivity index (χ4v) is 1.89. The molecule has 1 saturated heterocycles. The van der Waals surface area contributed by atoms with E-state index in [-0.39, 0.29) is 6.10 Å². The summed E-state index contributed by atoms with van der Waals surface area (Å²) in [6.07, 6.45) is 1.82. The first-order valence-electron chi connectivity index (χ1n) is 5.26. The predicted molar refractivity (Wildman–Crippen MR) is 63.5 cm³/mol. The van der Waals surface area contributed by atoms with Gasteiger partial charge in [-0.3, -0.25) is 0 Å². The molecule has 0 N–H and O–H groups in total. The number of aromatic nitrogens is 1. The first-order valence-corrected chi connectivity index (χ1v) is 5.79. The molecule has 0 aliphatic carbocycles. The van der Waals surface area contributed by atoms with E-state index >= 15 is 0 Å². The fourth-order valence-electron chi connectivity index (χ4n) is 1.70. The average molecular weight is 243 g/mol. The molecule has 1 aromatic heterocycles. The maximum Gasteiger partial charge on any atom is 0.137 e. The van der Waals surface area contributed by atoms with Crippen LogP contribution in [0.5, 0.6) is 5.75 Å². The van der Waals surface area contributed by atoms with Gasteiger partial charge < -0.3 is 14.4 Å². The van der Waals surface area contributed by atoms with E-state index in [2.05, 4.69) is 9.88 Å². The van der Waals surface area contributed by atoms with Gasteiger partial charge in [-0.2, -0.15) is 0 Å². The van der Waals surface area contributed by atoms with E-state index in [4.69, 9.17) is 21.1 Å². The molecule has 16 heavy (non-hydrogen) atoms. The van der Waals surface area contributed by atoms with Crippen LogP contribution in [0.2, 0.25) is 0 Å². The Balaban J connectivity index is 2.05. The monoisotopic (exact) mass is 242 g/mol. The van der Waals surface area contributed by atoms with Crippen molar-refractivity contribution in [2.24, 2.45) is 0 Å². The van der Waals surface area contributed by atoms with Crippen molar-refractivity contribution in [2.75, 3.05) is 37.6 Å². The first kappa shape index (κ1) is 11.5. The number of halogens is 1. The summed E-state index contributed by atoms with van der Waals surface area (Å²) in [7, 11) is 1.63. The van der Waals surface area contributed by atoms with E-state index in [9.17, 15) is 0 Å². The number of alkyl halides is 1. The normalized spacial score (nSPS) is 20.9. The Labute approximate surface area is 100 Å². The van der Waals surface area contributed by atoms with Crippen molar-refractivity contribution in [3.8, 4) is 5.75 Å². The van der Waals surface area contributed by atoms with Gasteiger partial charge in [-0.05, 0) is 12.1 Å². The van der Waals surface area contributed by atoms with Crippen molar-refractivity contribution >= 4 is 17.4 Å². The van der Waals surface area contributed by atoms with Crippen molar-refractivity contribution in [3.05, 3.63) is 18.3 Å². The number of hydrogen-bond acceptors (Lipinski definition) is 4. The second-order valence-corrected chi connectivity index (χ2v) is 3.96. The summed E-state index contributed by atoms with van der Waals surface area (Å²) in [5, 5.41) is 0. The molecule has 0 saturated carbocycles. The zero-order valence-electron chi connectivity index (χ0n) is 9.23. The lowest BCUT2D eigenvalue weighted by molar-refractivity contribution is 0.0551. The van der Waals surface area contributed by atoms with Crippen LogP contribution in [0.15, 0.2) is 18.3 Å². The Morgan fingerprint density at radius 3 is 3.12 bits per heavy atom. The largest absolute Gasteiger partial charge is 0.495 e. The molecule has 0 spiro atoms. The summed E-state index contributed by atoms with van der Waals surface area (Å²) < 4.78 is 10.6. The summed E-state index contributed by atoms with van der Waals surface area (Å²) in [5.41, 5.74) is 0. The topological polar surface area (TPSA) is 34.6 Å². The molecule has 1 aliphatic heterocycles. The molecule has 1 fully saturated rings. The first-order chi connectivity index (χ1) is 7.83. The van der Waals surface area contributed by atoms with E-state index < -0.39 is 0 Å². The third kappa shape index (κ3) is 2.57. The standard InChI is InChI=1S/C11H15ClN2O2/c1-15-9-2-3-11(13-7-9)14-4-5-16-10(6-12)8-14/h2-3,7,10H,4-6,8H2,1H3. The van der Waals surface area contributed by atoms with Crippen LogP contribution in [-0.2, 0) is 4.74 Å². The molecular weight excluding hydrogens is 228 g/mol. The van der Waals surface area contributed by atoms with Crippen LogP contribution in [0.4, 0.5) is 5.82 Å². The third-order valence-electron chi connectivity index (χ3n) is 2.59. The van der Waals surface area contributed by atoms with Gasteiger partial charge in [-0.1, -0.05) is 0 Å². The summed E-state index contributed by atoms with van der Waals surface area (Å²) >= 11 is 5.79. The number of pyridine rings is 1. The lowest BCUT2D eigenvalue weighted by Gasteiger charge is -2.32. The number of morpholine rings is 1. The molecule has 0 amide bonds. The SMILES string of the molecule is COc1ccc(N2CCOC(CCl)C2)nc1. The predicted octanol–water partition coefficient (Wildman–Crippen LogP) is 1.53. The molecule has 2 rings (SSSR count). The van der Waals surface area contributed by atoms with Crippen LogP contribution in [0, 0.1) is 0 Å². The highest BCUT2D eigenvalue weighted by molar-refractivity contribution is 6.18. The van der Waals surface area contributed by atoms with E-state index in [1.807, 2.05) is 12.1 Å². The summed E-state index contributed by atoms with van der Waals surface area (Å²) in [5.74, 6) is 2.23. The number of ether oxygens (including phenoxy) is 2. The molecule has 5 heteroatoms. The van der Waals surface area contributed by atoms with Crippen LogP contribution < -0.4 is 9.64 Å². The van der Waals surface area contributed by atoms with Crippen LogP contribution in [0.1, 0.15) is 0 Å². The minimum Gasteiger partial charge on any atom is -0.495 e. The molecule has 1 aromatic rings. The number of hydrogen-bond donors (Lipinski definition) is 0. The maximum absolute atomic E-state index is 5.79. The Morgan fingerprint density at radius 2 is 2.50 bits per heavy atom. The highest BCUT2D eigenvalue weighted by Crippen LogP contribution is 2.18. The molecule has 0 aromatic carbocycles. The lowest BCUT2D eigenvalue weighted by Crippen LogP contribution is -2.43. The lowest BCUT2D eigenvalue weighted by atomic mass is 10.3. The third-order valence-corrected chi connectivity index (χ3v) is 2.94. The Hall–Kier alpha value is -1.00. The molecule has 0 bridgehead atoms. The van der Waals surface area contributed by atoms with E-state index in [0.29, 0.717) is 12.5 Å². The van der Waals surface area contributed by atoms with Crippen molar-refractivity contribution in [3.63, 3.8) is 0 Å². The molecule has 0 radical (unpaired) electrons. The van der Waals surface area contributed by atoms with Crippen molar-refractivity contribution in [1.29, 1.82) is 0 Å². The van der Waals surface area contributed by atoms with Gasteiger partial charge in [0.25, 0.3) is 0 Å². The molecule has 2 heterocycles. The molecule has 1 unspecified atom stereocenters. The Kier molecular flexibility index (Phi) is 3.85. The quantitative estimate of drug-likeness (QED) is 0.753. The number of anilines is 1. The number of methoxy groups -OCH3 is 1. The van der Waals surface area contributed by atoms with Crippen LogP contribution in [-0.4, -0.2) is 43.8 Å². The zero-order valence-corrected chi connectivity index (χ0v) is 9.98. The van der Waals surface area contributed by atoms with Gasteiger partial charge in [0.1, 0.15) is 11.6 Å². The Bertz CT molecular complexity index is 331. The Morgan fingerprint density at radius 1 is 1.62 bits per heavy atom. The van der Waals surface area contributed by atoms with Crippen molar-refractivity contribution in [2.45, 2.75) is 6.10 Å². The van der Waals surface area contributed by atoms with Gasteiger partial charge in [0.15, 0.2) is 0 Å². The van der Waals surface area contributed by atoms with Gasteiger partial charge in [0.2, 0.25) is 0 Å². The van der Waals surface area contributed by atoms with E-state index in [1.54, 1.807) is 13.3 Å². The van der Waals surface area contributed by atoms with Crippen molar-refractivity contribution in [1.82, 2.24) is 4.98 Å². The average Bonchev–Trinajstić information content (AvgIpc) is 2.39. The minimum atomic E-state index is 0.0966. The van der Waals surface area contributed by atoms with Crippen molar-refractivity contribution < 1.29 is 9.47 Å². The van der Waals surface area contributed by atoms with Gasteiger partial charge in [-0.15, -0.1) is 11.6 Å². The van der Waals surface area contributed by atoms with Crippen LogP contribution in [0.25, 0.3) is 0 Å². The summed E-state index contributed by atoms with van der Waals surface area (Å²) in [6, 6.07) is 3.86. The molecule has 1 aliphatic rings. The molecule has 4 nitrogen and oxygen atoms in total. The fraction of sp³-hybridized carbons (Fsp3) is 0.545. The van der Waals surface area contributed by atoms with Crippen LogP contribution >= 0.6 is 11.6 Å². The maximum atomic E-state index is 5.79. The number of rotatable bonds is 3. The zero-order chi connectivity index (χ0) is 11.4. The van der Waals surface area contributed by atoms with Gasteiger partial charge in [-0.25, -0.2) is 4.98 Å². The highest BCUT2D eigenvalue weighted by atomic mass is 35.5. The second-order valence-electron chi connectivity index (χ2n) is 3.65. The van der Waals surface area contributed by atoms with Crippen LogP contribution in [0.3, 0.4) is 0 Å². The second kappa shape index (κ2) is 5.37. The molecule has 1 atom stereocenters. The smallest absolute Gasteiger partial charge is 0.137 e. The minimum absolute atomic E-state index is 0.0966. The molecule has 88 valence electrons. The van der Waals surface area contributed by atoms with E-state index in [1.165, 1.54) is 0 Å².